The van der Waals surface area contributed by atoms with Gasteiger partial charge in [-0.2, -0.15) is 8.78 Å². The number of imide groups is 1. The molecule has 1 aromatic heterocycles. The second kappa shape index (κ2) is 8.94. The maximum absolute atomic E-state index is 14.7. The van der Waals surface area contributed by atoms with Crippen molar-refractivity contribution in [3.8, 4) is 0 Å². The molecular weight excluding hydrogens is 456 g/mol. The summed E-state index contributed by atoms with van der Waals surface area (Å²) in [5.41, 5.74) is 1.71. The fourth-order valence-electron chi connectivity index (χ4n) is 4.36. The van der Waals surface area contributed by atoms with Crippen molar-refractivity contribution in [1.82, 2.24) is 15.2 Å². The molecular formula is C26H27F2N3O4. The number of ketones is 1. The number of hydrogen-bond donors (Lipinski definition) is 1. The van der Waals surface area contributed by atoms with E-state index in [0.29, 0.717) is 16.7 Å². The number of nitrogens with zero attached hydrogens (tertiary/aromatic N) is 2. The van der Waals surface area contributed by atoms with Crippen LogP contribution in [-0.2, 0) is 38.7 Å². The van der Waals surface area contributed by atoms with Crippen molar-refractivity contribution < 1.29 is 28.0 Å². The number of nitrogens with one attached hydrogen (secondary N) is 1. The van der Waals surface area contributed by atoms with Crippen molar-refractivity contribution in [1.29, 1.82) is 0 Å². The lowest BCUT2D eigenvalue weighted by Gasteiger charge is -2.29. The van der Waals surface area contributed by atoms with Crippen LogP contribution in [0.2, 0.25) is 0 Å². The first-order valence-electron chi connectivity index (χ1n) is 11.5. The highest BCUT2D eigenvalue weighted by atomic mass is 19.3. The SMILES string of the molecule is CC(C)(C)c1ccc(C(F)(F)C(=O)CCc2ccc3c(c2)CN(C2CCC(=O)NC2=O)C3=O)nc1. The van der Waals surface area contributed by atoms with E-state index in [1.54, 1.807) is 24.3 Å². The molecule has 2 aromatic rings. The summed E-state index contributed by atoms with van der Waals surface area (Å²) in [6.45, 7) is 6.02. The number of aromatic nitrogens is 1. The summed E-state index contributed by atoms with van der Waals surface area (Å²) in [5, 5.41) is 2.25. The fraction of sp³-hybridized carbons (Fsp3) is 0.423. The molecule has 2 aliphatic rings. The minimum Gasteiger partial charge on any atom is -0.322 e. The number of Topliss-reactive ketones (excluding diaryl/α,β-unsaturated/α-hetero) is 1. The van der Waals surface area contributed by atoms with Crippen molar-refractivity contribution in [2.24, 2.45) is 0 Å². The third kappa shape index (κ3) is 4.85. The van der Waals surface area contributed by atoms with E-state index >= 15 is 0 Å². The molecule has 1 fully saturated rings. The largest absolute Gasteiger partial charge is 0.346 e. The first-order valence-corrected chi connectivity index (χ1v) is 11.5. The predicted molar refractivity (Wildman–Crippen MR) is 123 cm³/mol. The lowest BCUT2D eigenvalue weighted by Crippen LogP contribution is -2.52. The predicted octanol–water partition coefficient (Wildman–Crippen LogP) is 3.43. The Kier molecular flexibility index (Phi) is 6.29. The number of rotatable bonds is 6. The van der Waals surface area contributed by atoms with E-state index in [2.05, 4.69) is 10.3 Å². The van der Waals surface area contributed by atoms with Crippen LogP contribution in [0, 0.1) is 0 Å². The average molecular weight is 484 g/mol. The van der Waals surface area contributed by atoms with Crippen LogP contribution in [0.4, 0.5) is 8.78 Å². The van der Waals surface area contributed by atoms with Crippen LogP contribution in [0.15, 0.2) is 36.5 Å². The van der Waals surface area contributed by atoms with Gasteiger partial charge < -0.3 is 4.90 Å². The molecule has 7 nitrogen and oxygen atoms in total. The minimum absolute atomic E-state index is 0.0778. The van der Waals surface area contributed by atoms with Gasteiger partial charge in [-0.25, -0.2) is 0 Å². The van der Waals surface area contributed by atoms with E-state index in [1.807, 2.05) is 20.8 Å². The van der Waals surface area contributed by atoms with E-state index in [1.165, 1.54) is 17.2 Å². The summed E-state index contributed by atoms with van der Waals surface area (Å²) in [6.07, 6.45) is 1.48. The molecule has 0 bridgehead atoms. The molecule has 1 N–H and O–H groups in total. The monoisotopic (exact) mass is 483 g/mol. The molecule has 2 aliphatic heterocycles. The van der Waals surface area contributed by atoms with Gasteiger partial charge in [0.1, 0.15) is 11.7 Å². The van der Waals surface area contributed by atoms with Crippen LogP contribution in [-0.4, -0.2) is 39.4 Å². The van der Waals surface area contributed by atoms with Gasteiger partial charge in [-0.3, -0.25) is 29.5 Å². The molecule has 3 heterocycles. The Morgan fingerprint density at radius 2 is 1.89 bits per heavy atom. The Morgan fingerprint density at radius 1 is 1.14 bits per heavy atom. The van der Waals surface area contributed by atoms with Crippen molar-refractivity contribution in [2.45, 2.75) is 70.4 Å². The minimum atomic E-state index is -3.70. The lowest BCUT2D eigenvalue weighted by molar-refractivity contribution is -0.145. The highest BCUT2D eigenvalue weighted by Crippen LogP contribution is 2.32. The maximum Gasteiger partial charge on any atom is 0.346 e. The molecule has 1 unspecified atom stereocenters. The van der Waals surface area contributed by atoms with Gasteiger partial charge in [0.05, 0.1) is 0 Å². The molecule has 1 saturated heterocycles. The average Bonchev–Trinajstić information content (AvgIpc) is 3.12. The van der Waals surface area contributed by atoms with E-state index in [-0.39, 0.29) is 49.5 Å². The summed E-state index contributed by atoms with van der Waals surface area (Å²) in [7, 11) is 0. The van der Waals surface area contributed by atoms with Crippen LogP contribution >= 0.6 is 0 Å². The molecule has 3 amide bonds. The van der Waals surface area contributed by atoms with E-state index < -0.39 is 29.3 Å². The quantitative estimate of drug-likeness (QED) is 0.635. The fourth-order valence-corrected chi connectivity index (χ4v) is 4.36. The maximum atomic E-state index is 14.7. The zero-order valence-corrected chi connectivity index (χ0v) is 19.9. The number of halogens is 2. The van der Waals surface area contributed by atoms with Gasteiger partial charge in [0.25, 0.3) is 5.91 Å². The second-order valence-electron chi connectivity index (χ2n) is 10.1. The van der Waals surface area contributed by atoms with Gasteiger partial charge in [0, 0.05) is 31.1 Å². The second-order valence-corrected chi connectivity index (χ2v) is 10.1. The molecule has 9 heteroatoms. The number of hydrogen-bond acceptors (Lipinski definition) is 5. The molecule has 0 spiro atoms. The highest BCUT2D eigenvalue weighted by molar-refractivity contribution is 6.05. The van der Waals surface area contributed by atoms with Crippen LogP contribution < -0.4 is 5.32 Å². The molecule has 0 aliphatic carbocycles. The van der Waals surface area contributed by atoms with Crippen LogP contribution in [0.3, 0.4) is 0 Å². The van der Waals surface area contributed by atoms with E-state index in [9.17, 15) is 28.0 Å². The van der Waals surface area contributed by atoms with E-state index in [0.717, 1.165) is 5.56 Å². The lowest BCUT2D eigenvalue weighted by atomic mass is 9.88. The first kappa shape index (κ1) is 24.6. The molecule has 1 aromatic carbocycles. The number of benzene rings is 1. The standard InChI is InChI=1S/C26H27F2N3O4/c1-25(2,3)17-6-9-20(29-13-17)26(27,28)21(32)10-5-15-4-7-18-16(12-15)14-31(24(18)35)19-8-11-22(33)30-23(19)34/h4,6-7,9,12-13,19H,5,8,10-11,14H2,1-3H3,(H,30,33,34). The molecule has 0 saturated carbocycles. The third-order valence-electron chi connectivity index (χ3n) is 6.53. The van der Waals surface area contributed by atoms with Gasteiger partial charge >= 0.3 is 5.92 Å². The number of amides is 3. The molecule has 184 valence electrons. The topological polar surface area (TPSA) is 96.4 Å². The normalized spacial score (nSPS) is 18.5. The number of aryl methyl sites for hydroxylation is 1. The van der Waals surface area contributed by atoms with Crippen molar-refractivity contribution in [3.63, 3.8) is 0 Å². The molecule has 4 rings (SSSR count). The first-order chi connectivity index (χ1) is 16.4. The van der Waals surface area contributed by atoms with Crippen molar-refractivity contribution in [3.05, 3.63) is 64.5 Å². The smallest absolute Gasteiger partial charge is 0.322 e. The molecule has 1 atom stereocenters. The van der Waals surface area contributed by atoms with Gasteiger partial charge in [-0.05, 0) is 47.1 Å². The number of carbonyl (C=O) groups excluding carboxylic acids is 4. The Balaban J connectivity index is 1.42. The van der Waals surface area contributed by atoms with Crippen molar-refractivity contribution >= 4 is 23.5 Å². The summed E-state index contributed by atoms with van der Waals surface area (Å²) >= 11 is 0. The molecule has 0 radical (unpaired) electrons. The number of alkyl halides is 2. The van der Waals surface area contributed by atoms with E-state index in [4.69, 9.17) is 0 Å². The third-order valence-corrected chi connectivity index (χ3v) is 6.53. The summed E-state index contributed by atoms with van der Waals surface area (Å²) in [4.78, 5) is 54.0. The Labute approximate surface area is 201 Å². The van der Waals surface area contributed by atoms with Crippen molar-refractivity contribution in [2.75, 3.05) is 0 Å². The van der Waals surface area contributed by atoms with Gasteiger partial charge in [-0.1, -0.05) is 39.0 Å². The zero-order chi connectivity index (χ0) is 25.5. The van der Waals surface area contributed by atoms with Crippen LogP contribution in [0.25, 0.3) is 0 Å². The zero-order valence-electron chi connectivity index (χ0n) is 19.9. The van der Waals surface area contributed by atoms with Gasteiger partial charge in [-0.15, -0.1) is 0 Å². The van der Waals surface area contributed by atoms with Crippen LogP contribution in [0.5, 0.6) is 0 Å². The van der Waals surface area contributed by atoms with Crippen LogP contribution in [0.1, 0.15) is 72.8 Å². The number of piperidine rings is 1. The highest BCUT2D eigenvalue weighted by Gasteiger charge is 2.42. The van der Waals surface area contributed by atoms with Gasteiger partial charge in [0.15, 0.2) is 0 Å². The Hall–Kier alpha value is -3.49. The summed E-state index contributed by atoms with van der Waals surface area (Å²) in [5.74, 6) is -6.10. The summed E-state index contributed by atoms with van der Waals surface area (Å²) < 4.78 is 29.5. The number of fused-ring (bicyclic) bond motifs is 1. The number of carbonyl (C=O) groups is 4. The van der Waals surface area contributed by atoms with Gasteiger partial charge in [0.2, 0.25) is 17.6 Å². The summed E-state index contributed by atoms with van der Waals surface area (Å²) in [6, 6.07) is 6.97. The Morgan fingerprint density at radius 3 is 2.51 bits per heavy atom. The molecule has 35 heavy (non-hydrogen) atoms. The Bertz CT molecular complexity index is 1200. The number of pyridine rings is 1.